The highest BCUT2D eigenvalue weighted by atomic mass is 16.5. The van der Waals surface area contributed by atoms with E-state index in [1.165, 1.54) is 13.2 Å². The standard InChI is InChI=1S/C36H32N2O7/c1-23-30(38-34(45-23)25-10-4-3-5-11-25)20-21-44-26-18-16-24(17-19-26)22-32(35(40)41)37-31-15-9-8-14-29(31)33(39)27-12-6-7-13-28(27)36(42)43-2/h3-19,32,37H,20-22H2,1-2H3,(H,40,41). The highest BCUT2D eigenvalue weighted by Gasteiger charge is 2.24. The van der Waals surface area contributed by atoms with Crippen LogP contribution in [0.5, 0.6) is 5.75 Å². The summed E-state index contributed by atoms with van der Waals surface area (Å²) < 4.78 is 16.6. The first-order chi connectivity index (χ1) is 21.8. The molecule has 0 aliphatic rings. The summed E-state index contributed by atoms with van der Waals surface area (Å²) in [6.45, 7) is 2.27. The van der Waals surface area contributed by atoms with E-state index in [0.717, 1.165) is 22.6 Å². The van der Waals surface area contributed by atoms with Crippen LogP contribution in [0.2, 0.25) is 0 Å². The number of hydrogen-bond donors (Lipinski definition) is 2. The summed E-state index contributed by atoms with van der Waals surface area (Å²) >= 11 is 0. The van der Waals surface area contributed by atoms with Crippen LogP contribution in [0.3, 0.4) is 0 Å². The zero-order chi connectivity index (χ0) is 31.8. The fourth-order valence-electron chi connectivity index (χ4n) is 4.90. The number of ketones is 1. The summed E-state index contributed by atoms with van der Waals surface area (Å²) in [5.41, 5.74) is 3.38. The third kappa shape index (κ3) is 7.45. The number of ether oxygens (including phenoxy) is 2. The van der Waals surface area contributed by atoms with Gasteiger partial charge in [-0.1, -0.05) is 60.7 Å². The van der Waals surface area contributed by atoms with Crippen molar-refractivity contribution in [2.45, 2.75) is 25.8 Å². The molecule has 5 rings (SSSR count). The molecule has 0 saturated heterocycles. The molecule has 1 unspecified atom stereocenters. The number of aryl methyl sites for hydroxylation is 1. The van der Waals surface area contributed by atoms with Gasteiger partial charge in [0.05, 0.1) is 25.0 Å². The molecule has 1 heterocycles. The smallest absolute Gasteiger partial charge is 0.338 e. The van der Waals surface area contributed by atoms with Gasteiger partial charge in [0.25, 0.3) is 0 Å². The van der Waals surface area contributed by atoms with E-state index in [4.69, 9.17) is 13.9 Å². The molecule has 0 spiro atoms. The zero-order valence-corrected chi connectivity index (χ0v) is 24.9. The van der Waals surface area contributed by atoms with Crippen molar-refractivity contribution in [2.75, 3.05) is 19.0 Å². The van der Waals surface area contributed by atoms with E-state index in [1.807, 2.05) is 49.4 Å². The molecule has 1 atom stereocenters. The molecule has 1 aromatic heterocycles. The number of carbonyl (C=O) groups is 3. The predicted octanol–water partition coefficient (Wildman–Crippen LogP) is 6.40. The number of carbonyl (C=O) groups excluding carboxylic acids is 2. The fourth-order valence-corrected chi connectivity index (χ4v) is 4.90. The zero-order valence-electron chi connectivity index (χ0n) is 24.9. The Morgan fingerprint density at radius 1 is 0.844 bits per heavy atom. The summed E-state index contributed by atoms with van der Waals surface area (Å²) in [4.78, 5) is 42.6. The maximum absolute atomic E-state index is 13.5. The van der Waals surface area contributed by atoms with Crippen molar-refractivity contribution >= 4 is 23.4 Å². The Morgan fingerprint density at radius 2 is 1.49 bits per heavy atom. The molecular formula is C36H32N2O7. The topological polar surface area (TPSA) is 128 Å². The molecule has 9 heteroatoms. The molecule has 0 aliphatic carbocycles. The van der Waals surface area contributed by atoms with Gasteiger partial charge in [-0.2, -0.15) is 0 Å². The van der Waals surface area contributed by atoms with Gasteiger partial charge in [0.15, 0.2) is 5.78 Å². The fraction of sp³-hybridized carbons (Fsp3) is 0.167. The van der Waals surface area contributed by atoms with Gasteiger partial charge in [-0.15, -0.1) is 0 Å². The quantitative estimate of drug-likeness (QED) is 0.116. The van der Waals surface area contributed by atoms with Gasteiger partial charge >= 0.3 is 11.9 Å². The highest BCUT2D eigenvalue weighted by Crippen LogP contribution is 2.25. The van der Waals surface area contributed by atoms with Crippen molar-refractivity contribution in [3.8, 4) is 17.2 Å². The third-order valence-electron chi connectivity index (χ3n) is 7.26. The lowest BCUT2D eigenvalue weighted by Crippen LogP contribution is -2.32. The van der Waals surface area contributed by atoms with Gasteiger partial charge in [-0.25, -0.2) is 14.6 Å². The van der Waals surface area contributed by atoms with Crippen molar-refractivity contribution in [1.29, 1.82) is 0 Å². The van der Waals surface area contributed by atoms with Gasteiger partial charge in [-0.05, 0) is 55.0 Å². The van der Waals surface area contributed by atoms with Gasteiger partial charge in [0.1, 0.15) is 17.6 Å². The van der Waals surface area contributed by atoms with Crippen LogP contribution in [0, 0.1) is 6.92 Å². The largest absolute Gasteiger partial charge is 0.493 e. The van der Waals surface area contributed by atoms with Gasteiger partial charge < -0.3 is 24.3 Å². The summed E-state index contributed by atoms with van der Waals surface area (Å²) in [5, 5.41) is 13.0. The molecule has 0 radical (unpaired) electrons. The van der Waals surface area contributed by atoms with E-state index < -0.39 is 23.8 Å². The molecule has 0 bridgehead atoms. The van der Waals surface area contributed by atoms with Crippen LogP contribution in [0.15, 0.2) is 108 Å². The van der Waals surface area contributed by atoms with Crippen molar-refractivity contribution in [3.05, 3.63) is 137 Å². The van der Waals surface area contributed by atoms with Crippen LogP contribution < -0.4 is 10.1 Å². The number of nitrogens with zero attached hydrogens (tertiary/aromatic N) is 1. The Morgan fingerprint density at radius 3 is 2.18 bits per heavy atom. The number of aliphatic carboxylic acids is 1. The van der Waals surface area contributed by atoms with Crippen molar-refractivity contribution < 1.29 is 33.4 Å². The van der Waals surface area contributed by atoms with Crippen LogP contribution in [0.1, 0.15) is 43.3 Å². The molecule has 5 aromatic rings. The Bertz CT molecular complexity index is 1800. The Balaban J connectivity index is 1.22. The normalized spacial score (nSPS) is 11.4. The number of esters is 1. The second-order valence-electron chi connectivity index (χ2n) is 10.3. The number of nitrogens with one attached hydrogen (secondary N) is 1. The number of aromatic nitrogens is 1. The average Bonchev–Trinajstić information content (AvgIpc) is 3.45. The van der Waals surface area contributed by atoms with E-state index in [2.05, 4.69) is 10.3 Å². The van der Waals surface area contributed by atoms with Gasteiger partial charge in [0.2, 0.25) is 5.89 Å². The maximum Gasteiger partial charge on any atom is 0.338 e. The van der Waals surface area contributed by atoms with E-state index >= 15 is 0 Å². The van der Waals surface area contributed by atoms with Gasteiger partial charge in [-0.3, -0.25) is 4.79 Å². The third-order valence-corrected chi connectivity index (χ3v) is 7.26. The second-order valence-corrected chi connectivity index (χ2v) is 10.3. The Kier molecular flexibility index (Phi) is 9.69. The molecule has 0 fully saturated rings. The van der Waals surface area contributed by atoms with Crippen LogP contribution >= 0.6 is 0 Å². The number of hydrogen-bond acceptors (Lipinski definition) is 8. The number of carboxylic acids is 1. The number of carboxylic acid groups (broad SMARTS) is 1. The first kappa shape index (κ1) is 30.7. The summed E-state index contributed by atoms with van der Waals surface area (Å²) in [5.74, 6) is -0.177. The Hall–Kier alpha value is -5.70. The van der Waals surface area contributed by atoms with Crippen LogP contribution in [0.25, 0.3) is 11.5 Å². The predicted molar refractivity (Wildman–Crippen MR) is 169 cm³/mol. The molecule has 0 saturated carbocycles. The maximum atomic E-state index is 13.5. The molecule has 4 aromatic carbocycles. The summed E-state index contributed by atoms with van der Waals surface area (Å²) in [7, 11) is 1.25. The highest BCUT2D eigenvalue weighted by molar-refractivity contribution is 6.17. The lowest BCUT2D eigenvalue weighted by Gasteiger charge is -2.19. The lowest BCUT2D eigenvalue weighted by atomic mass is 9.96. The van der Waals surface area contributed by atoms with Crippen molar-refractivity contribution in [2.24, 2.45) is 0 Å². The Labute approximate surface area is 260 Å². The number of methoxy groups -OCH3 is 1. The van der Waals surface area contributed by atoms with E-state index in [0.29, 0.717) is 30.4 Å². The number of benzene rings is 4. The first-order valence-electron chi connectivity index (χ1n) is 14.4. The lowest BCUT2D eigenvalue weighted by molar-refractivity contribution is -0.137. The minimum atomic E-state index is -1.08. The van der Waals surface area contributed by atoms with E-state index in [9.17, 15) is 19.5 Å². The molecule has 2 N–H and O–H groups in total. The number of anilines is 1. The molecule has 228 valence electrons. The molecule has 0 amide bonds. The SMILES string of the molecule is COC(=O)c1ccccc1C(=O)c1ccccc1NC(Cc1ccc(OCCc2nc(-c3ccccc3)oc2C)cc1)C(=O)O. The summed E-state index contributed by atoms with van der Waals surface area (Å²) in [6, 6.07) is 28.8. The average molecular weight is 605 g/mol. The first-order valence-corrected chi connectivity index (χ1v) is 14.4. The number of rotatable bonds is 13. The van der Waals surface area contributed by atoms with Crippen LogP contribution in [0.4, 0.5) is 5.69 Å². The number of para-hydroxylation sites is 1. The molecule has 45 heavy (non-hydrogen) atoms. The molecule has 0 aliphatic heterocycles. The molecular weight excluding hydrogens is 572 g/mol. The monoisotopic (exact) mass is 604 g/mol. The van der Waals surface area contributed by atoms with E-state index in [1.54, 1.807) is 54.6 Å². The number of oxazole rings is 1. The minimum absolute atomic E-state index is 0.130. The van der Waals surface area contributed by atoms with Crippen molar-refractivity contribution in [3.63, 3.8) is 0 Å². The van der Waals surface area contributed by atoms with Crippen LogP contribution in [-0.4, -0.2) is 47.6 Å². The van der Waals surface area contributed by atoms with E-state index in [-0.39, 0.29) is 23.1 Å². The minimum Gasteiger partial charge on any atom is -0.493 e. The molecule has 9 nitrogen and oxygen atoms in total. The van der Waals surface area contributed by atoms with Crippen LogP contribution in [-0.2, 0) is 22.4 Å². The van der Waals surface area contributed by atoms with Crippen molar-refractivity contribution in [1.82, 2.24) is 4.98 Å². The van der Waals surface area contributed by atoms with Gasteiger partial charge in [0, 0.05) is 35.2 Å². The second kappa shape index (κ2) is 14.2. The summed E-state index contributed by atoms with van der Waals surface area (Å²) in [6.07, 6.45) is 0.717.